The molecule has 6 heteroatoms. The summed E-state index contributed by atoms with van der Waals surface area (Å²) in [5.74, 6) is -1.03. The Morgan fingerprint density at radius 2 is 2.24 bits per heavy atom. The number of hydrogen-bond acceptors (Lipinski definition) is 4. The molecule has 0 aliphatic heterocycles. The van der Waals surface area contributed by atoms with Crippen LogP contribution in [0.25, 0.3) is 0 Å². The predicted octanol–water partition coefficient (Wildman–Crippen LogP) is 0.899. The van der Waals surface area contributed by atoms with E-state index in [9.17, 15) is 4.79 Å². The monoisotopic (exact) mass is 238 g/mol. The second kappa shape index (κ2) is 5.77. The van der Waals surface area contributed by atoms with Crippen LogP contribution in [0.1, 0.15) is 42.6 Å². The Hall–Kier alpha value is -1.43. The van der Waals surface area contributed by atoms with Crippen molar-refractivity contribution in [1.82, 2.24) is 20.3 Å². The summed E-state index contributed by atoms with van der Waals surface area (Å²) in [7, 11) is 0. The van der Waals surface area contributed by atoms with Crippen LogP contribution in [-0.2, 0) is 6.54 Å². The Labute approximate surface area is 100 Å². The summed E-state index contributed by atoms with van der Waals surface area (Å²) in [5.41, 5.74) is 0.00247. The minimum atomic E-state index is -1.03. The quantitative estimate of drug-likeness (QED) is 0.796. The molecule has 2 rings (SSSR count). The van der Waals surface area contributed by atoms with Crippen LogP contribution in [0.2, 0.25) is 0 Å². The second-order valence-corrected chi connectivity index (χ2v) is 4.46. The van der Waals surface area contributed by atoms with Crippen molar-refractivity contribution >= 4 is 5.97 Å². The van der Waals surface area contributed by atoms with Gasteiger partial charge in [0.15, 0.2) is 5.69 Å². The van der Waals surface area contributed by atoms with Crippen molar-refractivity contribution in [1.29, 1.82) is 0 Å². The molecule has 0 unspecified atom stereocenters. The van der Waals surface area contributed by atoms with Gasteiger partial charge in [-0.15, -0.1) is 5.10 Å². The molecular weight excluding hydrogens is 220 g/mol. The molecule has 94 valence electrons. The lowest BCUT2D eigenvalue weighted by Crippen LogP contribution is -2.33. The van der Waals surface area contributed by atoms with Crippen LogP contribution in [0.3, 0.4) is 0 Å². The molecule has 1 aliphatic carbocycles. The maximum absolute atomic E-state index is 10.6. The molecule has 1 saturated carbocycles. The van der Waals surface area contributed by atoms with Crippen molar-refractivity contribution in [2.45, 2.75) is 44.7 Å². The lowest BCUT2D eigenvalue weighted by Gasteiger charge is -2.22. The summed E-state index contributed by atoms with van der Waals surface area (Å²) >= 11 is 0. The molecule has 17 heavy (non-hydrogen) atoms. The van der Waals surface area contributed by atoms with Crippen molar-refractivity contribution in [3.8, 4) is 0 Å². The summed E-state index contributed by atoms with van der Waals surface area (Å²) < 4.78 is 1.57. The summed E-state index contributed by atoms with van der Waals surface area (Å²) in [6.07, 6.45) is 7.93. The van der Waals surface area contributed by atoms with Crippen LogP contribution < -0.4 is 5.32 Å². The van der Waals surface area contributed by atoms with E-state index in [0.717, 1.165) is 6.54 Å². The first kappa shape index (κ1) is 12.0. The number of aromatic nitrogens is 3. The first-order chi connectivity index (χ1) is 8.25. The maximum atomic E-state index is 10.6. The first-order valence-electron chi connectivity index (χ1n) is 6.12. The van der Waals surface area contributed by atoms with Gasteiger partial charge in [0.1, 0.15) is 0 Å². The lowest BCUT2D eigenvalue weighted by molar-refractivity contribution is 0.0690. The Bertz CT molecular complexity index is 371. The SMILES string of the molecule is O=C(O)c1cn(CCNC2CCCCC2)nn1. The van der Waals surface area contributed by atoms with Gasteiger partial charge < -0.3 is 10.4 Å². The van der Waals surface area contributed by atoms with Crippen molar-refractivity contribution in [3.63, 3.8) is 0 Å². The number of carboxylic acid groups (broad SMARTS) is 1. The zero-order valence-electron chi connectivity index (χ0n) is 9.80. The molecule has 0 radical (unpaired) electrons. The summed E-state index contributed by atoms with van der Waals surface area (Å²) in [5, 5.41) is 19.5. The molecule has 0 aromatic carbocycles. The Balaban J connectivity index is 1.71. The van der Waals surface area contributed by atoms with Gasteiger partial charge in [-0.25, -0.2) is 4.79 Å². The van der Waals surface area contributed by atoms with Gasteiger partial charge in [-0.2, -0.15) is 0 Å². The minimum absolute atomic E-state index is 0.00247. The van der Waals surface area contributed by atoms with Gasteiger partial charge in [-0.05, 0) is 12.8 Å². The van der Waals surface area contributed by atoms with Crippen LogP contribution in [0.5, 0.6) is 0 Å². The first-order valence-corrected chi connectivity index (χ1v) is 6.12. The summed E-state index contributed by atoms with van der Waals surface area (Å²) in [6, 6.07) is 0.617. The maximum Gasteiger partial charge on any atom is 0.358 e. The van der Waals surface area contributed by atoms with Gasteiger partial charge in [-0.3, -0.25) is 4.68 Å². The van der Waals surface area contributed by atoms with Crippen LogP contribution >= 0.6 is 0 Å². The average molecular weight is 238 g/mol. The highest BCUT2D eigenvalue weighted by molar-refractivity contribution is 5.84. The van der Waals surface area contributed by atoms with E-state index in [1.165, 1.54) is 38.3 Å². The number of carbonyl (C=O) groups is 1. The fraction of sp³-hybridized carbons (Fsp3) is 0.727. The largest absolute Gasteiger partial charge is 0.476 e. The van der Waals surface area contributed by atoms with E-state index in [2.05, 4.69) is 15.6 Å². The van der Waals surface area contributed by atoms with Crippen molar-refractivity contribution in [3.05, 3.63) is 11.9 Å². The van der Waals surface area contributed by atoms with Crippen LogP contribution in [0.15, 0.2) is 6.20 Å². The molecule has 1 aromatic heterocycles. The zero-order valence-corrected chi connectivity index (χ0v) is 9.80. The zero-order chi connectivity index (χ0) is 12.1. The van der Waals surface area contributed by atoms with E-state index in [1.54, 1.807) is 4.68 Å². The molecule has 1 aromatic rings. The molecule has 1 fully saturated rings. The third-order valence-electron chi connectivity index (χ3n) is 3.14. The third kappa shape index (κ3) is 3.52. The highest BCUT2D eigenvalue weighted by Crippen LogP contribution is 2.16. The van der Waals surface area contributed by atoms with E-state index in [-0.39, 0.29) is 5.69 Å². The fourth-order valence-electron chi connectivity index (χ4n) is 2.20. The molecule has 6 nitrogen and oxygen atoms in total. The number of hydrogen-bond donors (Lipinski definition) is 2. The standard InChI is InChI=1S/C11H18N4O2/c16-11(17)10-8-15(14-13-10)7-6-12-9-4-2-1-3-5-9/h8-9,12H,1-7H2,(H,16,17). The predicted molar refractivity (Wildman–Crippen MR) is 61.9 cm³/mol. The van der Waals surface area contributed by atoms with E-state index >= 15 is 0 Å². The van der Waals surface area contributed by atoms with Gasteiger partial charge in [-0.1, -0.05) is 24.5 Å². The molecule has 1 heterocycles. The number of aromatic carboxylic acids is 1. The van der Waals surface area contributed by atoms with Crippen molar-refractivity contribution in [2.24, 2.45) is 0 Å². The highest BCUT2D eigenvalue weighted by Gasteiger charge is 2.12. The second-order valence-electron chi connectivity index (χ2n) is 4.46. The number of nitrogens with one attached hydrogen (secondary N) is 1. The van der Waals surface area contributed by atoms with Crippen molar-refractivity contribution in [2.75, 3.05) is 6.54 Å². The Morgan fingerprint density at radius 3 is 2.88 bits per heavy atom. The van der Waals surface area contributed by atoms with Crippen LogP contribution in [0.4, 0.5) is 0 Å². The van der Waals surface area contributed by atoms with Gasteiger partial charge >= 0.3 is 5.97 Å². The van der Waals surface area contributed by atoms with E-state index in [1.807, 2.05) is 0 Å². The lowest BCUT2D eigenvalue weighted by atomic mass is 9.95. The average Bonchev–Trinajstić information content (AvgIpc) is 2.79. The fourth-order valence-corrected chi connectivity index (χ4v) is 2.20. The Kier molecular flexibility index (Phi) is 4.08. The van der Waals surface area contributed by atoms with Crippen LogP contribution in [-0.4, -0.2) is 38.7 Å². The summed E-state index contributed by atoms with van der Waals surface area (Å²) in [4.78, 5) is 10.6. The van der Waals surface area contributed by atoms with Gasteiger partial charge in [0.2, 0.25) is 0 Å². The minimum Gasteiger partial charge on any atom is -0.476 e. The molecule has 2 N–H and O–H groups in total. The van der Waals surface area contributed by atoms with Crippen molar-refractivity contribution < 1.29 is 9.90 Å². The van der Waals surface area contributed by atoms with E-state index in [0.29, 0.717) is 12.6 Å². The molecule has 0 saturated heterocycles. The normalized spacial score (nSPS) is 17.2. The smallest absolute Gasteiger partial charge is 0.358 e. The molecule has 0 amide bonds. The van der Waals surface area contributed by atoms with Crippen LogP contribution in [0, 0.1) is 0 Å². The molecule has 0 spiro atoms. The molecule has 0 atom stereocenters. The number of rotatable bonds is 5. The van der Waals surface area contributed by atoms with Gasteiger partial charge in [0.25, 0.3) is 0 Å². The number of carboxylic acids is 1. The van der Waals surface area contributed by atoms with Gasteiger partial charge in [0, 0.05) is 12.6 Å². The highest BCUT2D eigenvalue weighted by atomic mass is 16.4. The topological polar surface area (TPSA) is 80.0 Å². The van der Waals surface area contributed by atoms with Gasteiger partial charge in [0.05, 0.1) is 12.7 Å². The molecule has 1 aliphatic rings. The van der Waals surface area contributed by atoms with E-state index < -0.39 is 5.97 Å². The van der Waals surface area contributed by atoms with E-state index in [4.69, 9.17) is 5.11 Å². The number of nitrogens with zero attached hydrogens (tertiary/aromatic N) is 3. The molecular formula is C11H18N4O2. The third-order valence-corrected chi connectivity index (χ3v) is 3.14. The Morgan fingerprint density at radius 1 is 1.47 bits per heavy atom. The summed E-state index contributed by atoms with van der Waals surface area (Å²) in [6.45, 7) is 1.48. The molecule has 0 bridgehead atoms.